The molecule has 3 rings (SSSR count). The van der Waals surface area contributed by atoms with Crippen molar-refractivity contribution in [2.45, 2.75) is 44.8 Å². The van der Waals surface area contributed by atoms with Crippen molar-refractivity contribution in [3.63, 3.8) is 0 Å². The Balaban J connectivity index is 1.77. The molecule has 104 valence electrons. The average molecular weight is 279 g/mol. The van der Waals surface area contributed by atoms with Crippen LogP contribution < -0.4 is 5.32 Å². The van der Waals surface area contributed by atoms with Crippen molar-refractivity contribution in [3.8, 4) is 0 Å². The molecule has 3 heteroatoms. The largest absolute Gasteiger partial charge is 0.309 e. The highest BCUT2D eigenvalue weighted by Gasteiger charge is 2.40. The van der Waals surface area contributed by atoms with E-state index in [1.54, 1.807) is 0 Å². The molecule has 19 heavy (non-hydrogen) atoms. The highest BCUT2D eigenvalue weighted by atomic mass is 35.5. The quantitative estimate of drug-likeness (QED) is 0.913. The van der Waals surface area contributed by atoms with E-state index in [0.29, 0.717) is 6.04 Å². The molecule has 2 fully saturated rings. The van der Waals surface area contributed by atoms with E-state index in [2.05, 4.69) is 36.2 Å². The summed E-state index contributed by atoms with van der Waals surface area (Å²) < 4.78 is 0. The Hall–Kier alpha value is -0.570. The normalized spacial score (nSPS) is 27.4. The maximum Gasteiger partial charge on any atom is 0.0451 e. The third-order valence-corrected chi connectivity index (χ3v) is 4.72. The van der Waals surface area contributed by atoms with E-state index in [1.807, 2.05) is 12.1 Å². The second-order valence-corrected chi connectivity index (χ2v) is 7.07. The number of halogens is 1. The molecule has 1 aromatic rings. The molecule has 2 nitrogen and oxygen atoms in total. The number of piperazine rings is 1. The lowest BCUT2D eigenvalue weighted by Crippen LogP contribution is -2.61. The Kier molecular flexibility index (Phi) is 3.59. The number of nitrogens with one attached hydrogen (secondary N) is 1. The van der Waals surface area contributed by atoms with Crippen molar-refractivity contribution >= 4 is 11.6 Å². The van der Waals surface area contributed by atoms with Gasteiger partial charge in [-0.15, -0.1) is 0 Å². The summed E-state index contributed by atoms with van der Waals surface area (Å²) in [5, 5.41) is 4.58. The van der Waals surface area contributed by atoms with E-state index < -0.39 is 0 Å². The van der Waals surface area contributed by atoms with Crippen molar-refractivity contribution in [2.24, 2.45) is 5.92 Å². The van der Waals surface area contributed by atoms with Crippen LogP contribution in [-0.2, 0) is 6.54 Å². The molecule has 1 saturated heterocycles. The molecule has 1 aliphatic heterocycles. The summed E-state index contributed by atoms with van der Waals surface area (Å²) in [6.45, 7) is 7.76. The van der Waals surface area contributed by atoms with Gasteiger partial charge in [-0.05, 0) is 44.2 Å². The van der Waals surface area contributed by atoms with Gasteiger partial charge in [0.1, 0.15) is 0 Å². The number of nitrogens with zero attached hydrogens (tertiary/aromatic N) is 1. The van der Waals surface area contributed by atoms with Gasteiger partial charge in [0, 0.05) is 36.2 Å². The predicted octanol–water partition coefficient (Wildman–Crippen LogP) is 3.30. The maximum absolute atomic E-state index is 6.32. The monoisotopic (exact) mass is 278 g/mol. The minimum atomic E-state index is 0.201. The van der Waals surface area contributed by atoms with Crippen molar-refractivity contribution in [1.29, 1.82) is 0 Å². The second-order valence-electron chi connectivity index (χ2n) is 6.67. The smallest absolute Gasteiger partial charge is 0.0451 e. The Morgan fingerprint density at radius 3 is 2.74 bits per heavy atom. The highest BCUT2D eigenvalue weighted by Crippen LogP contribution is 2.38. The van der Waals surface area contributed by atoms with Gasteiger partial charge in [-0.1, -0.05) is 29.8 Å². The van der Waals surface area contributed by atoms with Crippen LogP contribution in [0.1, 0.15) is 32.3 Å². The summed E-state index contributed by atoms with van der Waals surface area (Å²) in [4.78, 5) is 2.63. The van der Waals surface area contributed by atoms with Crippen LogP contribution in [0, 0.1) is 5.92 Å². The molecule has 1 unspecified atom stereocenters. The SMILES string of the molecule is CC1(C)CN(Cc2ccccc2Cl)C(C2CC2)CN1. The molecule has 0 aromatic heterocycles. The number of rotatable bonds is 3. The minimum Gasteiger partial charge on any atom is -0.309 e. The average Bonchev–Trinajstić information content (AvgIpc) is 3.15. The summed E-state index contributed by atoms with van der Waals surface area (Å²) in [5.74, 6) is 0.895. The van der Waals surface area contributed by atoms with Crippen LogP contribution in [0.3, 0.4) is 0 Å². The lowest BCUT2D eigenvalue weighted by atomic mass is 9.96. The van der Waals surface area contributed by atoms with Crippen LogP contribution in [0.15, 0.2) is 24.3 Å². The van der Waals surface area contributed by atoms with E-state index in [4.69, 9.17) is 11.6 Å². The van der Waals surface area contributed by atoms with Crippen LogP contribution in [0.4, 0.5) is 0 Å². The van der Waals surface area contributed by atoms with Gasteiger partial charge in [-0.2, -0.15) is 0 Å². The fourth-order valence-electron chi connectivity index (χ4n) is 3.16. The van der Waals surface area contributed by atoms with Crippen LogP contribution in [-0.4, -0.2) is 29.6 Å². The second kappa shape index (κ2) is 5.08. The predicted molar refractivity (Wildman–Crippen MR) is 80.5 cm³/mol. The summed E-state index contributed by atoms with van der Waals surface area (Å²) >= 11 is 6.32. The molecule has 0 amide bonds. The van der Waals surface area contributed by atoms with Crippen LogP contribution in [0.2, 0.25) is 5.02 Å². The summed E-state index contributed by atoms with van der Waals surface area (Å²) in [6, 6.07) is 8.92. The first kappa shape index (κ1) is 13.4. The van der Waals surface area contributed by atoms with E-state index >= 15 is 0 Å². The van der Waals surface area contributed by atoms with Crippen LogP contribution >= 0.6 is 11.6 Å². The molecule has 0 radical (unpaired) electrons. The Labute approximate surface area is 121 Å². The van der Waals surface area contributed by atoms with E-state index in [9.17, 15) is 0 Å². The lowest BCUT2D eigenvalue weighted by Gasteiger charge is -2.45. The number of hydrogen-bond donors (Lipinski definition) is 1. The van der Waals surface area contributed by atoms with Gasteiger partial charge in [0.05, 0.1) is 0 Å². The Bertz CT molecular complexity index is 454. The van der Waals surface area contributed by atoms with Crippen molar-refractivity contribution in [3.05, 3.63) is 34.9 Å². The van der Waals surface area contributed by atoms with Gasteiger partial charge in [0.15, 0.2) is 0 Å². The molecular formula is C16H23ClN2. The van der Waals surface area contributed by atoms with Crippen LogP contribution in [0.5, 0.6) is 0 Å². The molecule has 0 bridgehead atoms. The third kappa shape index (κ3) is 3.13. The van der Waals surface area contributed by atoms with Crippen molar-refractivity contribution < 1.29 is 0 Å². The Morgan fingerprint density at radius 2 is 2.05 bits per heavy atom. The standard InChI is InChI=1S/C16H23ClN2/c1-16(2)11-19(15(9-18-16)12-7-8-12)10-13-5-3-4-6-14(13)17/h3-6,12,15,18H,7-11H2,1-2H3. The molecule has 1 aliphatic carbocycles. The van der Waals surface area contributed by atoms with Crippen molar-refractivity contribution in [1.82, 2.24) is 10.2 Å². The summed E-state index contributed by atoms with van der Waals surface area (Å²) in [6.07, 6.45) is 2.79. The van der Waals surface area contributed by atoms with Crippen molar-refractivity contribution in [2.75, 3.05) is 13.1 Å². The molecule has 1 atom stereocenters. The first-order valence-corrected chi connectivity index (χ1v) is 7.65. The molecule has 1 N–H and O–H groups in total. The van der Waals surface area contributed by atoms with Gasteiger partial charge in [0.25, 0.3) is 0 Å². The van der Waals surface area contributed by atoms with Gasteiger partial charge >= 0.3 is 0 Å². The van der Waals surface area contributed by atoms with E-state index in [-0.39, 0.29) is 5.54 Å². The number of benzene rings is 1. The van der Waals surface area contributed by atoms with Crippen LogP contribution in [0.25, 0.3) is 0 Å². The third-order valence-electron chi connectivity index (χ3n) is 4.35. The van der Waals surface area contributed by atoms with E-state index in [1.165, 1.54) is 18.4 Å². The molecular weight excluding hydrogens is 256 g/mol. The number of hydrogen-bond acceptors (Lipinski definition) is 2. The first-order chi connectivity index (χ1) is 9.05. The zero-order valence-electron chi connectivity index (χ0n) is 11.8. The van der Waals surface area contributed by atoms with Gasteiger partial charge in [-0.3, -0.25) is 4.90 Å². The molecule has 1 saturated carbocycles. The molecule has 1 aromatic carbocycles. The summed E-state index contributed by atoms with van der Waals surface area (Å²) in [5.41, 5.74) is 1.46. The van der Waals surface area contributed by atoms with Gasteiger partial charge < -0.3 is 5.32 Å². The fraction of sp³-hybridized carbons (Fsp3) is 0.625. The minimum absolute atomic E-state index is 0.201. The summed E-state index contributed by atoms with van der Waals surface area (Å²) in [7, 11) is 0. The van der Waals surface area contributed by atoms with Gasteiger partial charge in [-0.25, -0.2) is 0 Å². The molecule has 0 spiro atoms. The van der Waals surface area contributed by atoms with Gasteiger partial charge in [0.2, 0.25) is 0 Å². The van der Waals surface area contributed by atoms with E-state index in [0.717, 1.165) is 30.6 Å². The lowest BCUT2D eigenvalue weighted by molar-refractivity contribution is 0.0760. The Morgan fingerprint density at radius 1 is 1.32 bits per heavy atom. The zero-order chi connectivity index (χ0) is 13.5. The molecule has 2 aliphatic rings. The fourth-order valence-corrected chi connectivity index (χ4v) is 3.35. The zero-order valence-corrected chi connectivity index (χ0v) is 12.6. The maximum atomic E-state index is 6.32. The topological polar surface area (TPSA) is 15.3 Å². The first-order valence-electron chi connectivity index (χ1n) is 7.28. The highest BCUT2D eigenvalue weighted by molar-refractivity contribution is 6.31. The molecule has 1 heterocycles.